The van der Waals surface area contributed by atoms with Crippen LogP contribution in [0.15, 0.2) is 45.6 Å². The van der Waals surface area contributed by atoms with Crippen LogP contribution in [0.25, 0.3) is 11.7 Å². The lowest BCUT2D eigenvalue weighted by Gasteiger charge is -2.30. The molecule has 3 aromatic rings. The first-order chi connectivity index (χ1) is 14.2. The molecule has 1 saturated heterocycles. The second-order valence-electron chi connectivity index (χ2n) is 6.60. The summed E-state index contributed by atoms with van der Waals surface area (Å²) in [6, 6.07) is 8.97. The summed E-state index contributed by atoms with van der Waals surface area (Å²) in [7, 11) is 1.54. The van der Waals surface area contributed by atoms with Crippen LogP contribution in [0.1, 0.15) is 18.5 Å². The third-order valence-corrected chi connectivity index (χ3v) is 4.81. The van der Waals surface area contributed by atoms with Crippen molar-refractivity contribution in [1.82, 2.24) is 9.97 Å². The van der Waals surface area contributed by atoms with E-state index in [-0.39, 0.29) is 23.4 Å². The summed E-state index contributed by atoms with van der Waals surface area (Å²) in [6.45, 7) is 1.17. The van der Waals surface area contributed by atoms with Crippen LogP contribution >= 0.6 is 0 Å². The molecule has 9 nitrogen and oxygen atoms in total. The van der Waals surface area contributed by atoms with Crippen molar-refractivity contribution in [3.05, 3.63) is 42.4 Å². The second kappa shape index (κ2) is 8.06. The topological polar surface area (TPSA) is 117 Å². The minimum absolute atomic E-state index is 0.0500. The van der Waals surface area contributed by atoms with Gasteiger partial charge in [-0.05, 0) is 31.0 Å². The Balaban J connectivity index is 1.39. The first-order valence-corrected chi connectivity index (χ1v) is 9.18. The fourth-order valence-corrected chi connectivity index (χ4v) is 3.27. The summed E-state index contributed by atoms with van der Waals surface area (Å²) in [6.07, 6.45) is 4.36. The number of aromatic nitrogens is 2. The van der Waals surface area contributed by atoms with Crippen molar-refractivity contribution < 1.29 is 18.4 Å². The number of amides is 1. The van der Waals surface area contributed by atoms with Crippen molar-refractivity contribution in [2.75, 3.05) is 30.4 Å². The fourth-order valence-electron chi connectivity index (χ4n) is 3.27. The second-order valence-corrected chi connectivity index (χ2v) is 6.60. The molecule has 0 bridgehead atoms. The first-order valence-electron chi connectivity index (χ1n) is 9.18. The van der Waals surface area contributed by atoms with E-state index >= 15 is 0 Å². The smallest absolute Gasteiger partial charge is 0.266 e. The number of nitrogens with one attached hydrogen (secondary N) is 1. The minimum Gasteiger partial charge on any atom is -0.481 e. The van der Waals surface area contributed by atoms with Gasteiger partial charge in [0.1, 0.15) is 6.07 Å². The average Bonchev–Trinajstić information content (AvgIpc) is 3.44. The van der Waals surface area contributed by atoms with Gasteiger partial charge in [0.2, 0.25) is 23.4 Å². The van der Waals surface area contributed by atoms with Gasteiger partial charge in [0.05, 0.1) is 25.3 Å². The number of piperidine rings is 1. The van der Waals surface area contributed by atoms with Gasteiger partial charge in [-0.15, -0.1) is 0 Å². The maximum Gasteiger partial charge on any atom is 0.266 e. The Hall–Kier alpha value is -3.80. The Morgan fingerprint density at radius 2 is 2.17 bits per heavy atom. The summed E-state index contributed by atoms with van der Waals surface area (Å²) < 4.78 is 16.1. The van der Waals surface area contributed by atoms with E-state index in [0.717, 1.165) is 0 Å². The molecule has 0 saturated carbocycles. The SMILES string of the molecule is COc1ccc(NC(=O)C2CCN(c3oc(-c4ccco4)nc3C#N)CC2)cn1. The number of hydrogen-bond acceptors (Lipinski definition) is 8. The standard InChI is InChI=1S/C20H19N5O4/c1-27-17-5-4-14(12-22-17)23-18(26)13-6-8-25(9-7-13)20-15(11-21)24-19(29-20)16-3-2-10-28-16/h2-5,10,12-13H,6-9H2,1H3,(H,23,26). The van der Waals surface area contributed by atoms with Crippen LogP contribution in [0.3, 0.4) is 0 Å². The molecule has 1 fully saturated rings. The summed E-state index contributed by atoms with van der Waals surface area (Å²) in [5.74, 6) is 1.46. The van der Waals surface area contributed by atoms with E-state index in [2.05, 4.69) is 21.4 Å². The monoisotopic (exact) mass is 393 g/mol. The maximum absolute atomic E-state index is 12.6. The molecule has 148 valence electrons. The van der Waals surface area contributed by atoms with Crippen LogP contribution in [-0.2, 0) is 4.79 Å². The average molecular weight is 393 g/mol. The van der Waals surface area contributed by atoms with Gasteiger partial charge in [-0.1, -0.05) is 0 Å². The molecule has 29 heavy (non-hydrogen) atoms. The molecule has 4 heterocycles. The number of rotatable bonds is 5. The lowest BCUT2D eigenvalue weighted by molar-refractivity contribution is -0.120. The normalized spacial score (nSPS) is 14.4. The molecule has 0 unspecified atom stereocenters. The number of pyridine rings is 1. The number of ether oxygens (including phenoxy) is 1. The molecule has 4 rings (SSSR count). The van der Waals surface area contributed by atoms with E-state index in [1.807, 2.05) is 4.90 Å². The van der Waals surface area contributed by atoms with Gasteiger partial charge in [-0.2, -0.15) is 10.2 Å². The Morgan fingerprint density at radius 1 is 1.34 bits per heavy atom. The zero-order valence-corrected chi connectivity index (χ0v) is 15.8. The summed E-state index contributed by atoms with van der Waals surface area (Å²) in [4.78, 5) is 22.8. The molecule has 0 aromatic carbocycles. The zero-order chi connectivity index (χ0) is 20.2. The number of carbonyl (C=O) groups excluding carboxylic acids is 1. The predicted molar refractivity (Wildman–Crippen MR) is 103 cm³/mol. The third kappa shape index (κ3) is 3.91. The van der Waals surface area contributed by atoms with Crippen molar-refractivity contribution in [3.8, 4) is 23.6 Å². The number of nitriles is 1. The van der Waals surface area contributed by atoms with Gasteiger partial charge >= 0.3 is 0 Å². The maximum atomic E-state index is 12.6. The van der Waals surface area contributed by atoms with E-state index < -0.39 is 0 Å². The van der Waals surface area contributed by atoms with Crippen LogP contribution in [0, 0.1) is 17.2 Å². The van der Waals surface area contributed by atoms with Gasteiger partial charge in [0.25, 0.3) is 5.89 Å². The highest BCUT2D eigenvalue weighted by Crippen LogP contribution is 2.31. The van der Waals surface area contributed by atoms with Gasteiger partial charge in [0, 0.05) is 25.1 Å². The van der Waals surface area contributed by atoms with E-state index in [9.17, 15) is 10.1 Å². The number of methoxy groups -OCH3 is 1. The Morgan fingerprint density at radius 3 is 2.79 bits per heavy atom. The van der Waals surface area contributed by atoms with Crippen LogP contribution in [-0.4, -0.2) is 36.1 Å². The summed E-state index contributed by atoms with van der Waals surface area (Å²) in [5, 5.41) is 12.3. The molecule has 0 radical (unpaired) electrons. The van der Waals surface area contributed by atoms with Crippen LogP contribution in [0.4, 0.5) is 11.6 Å². The molecular formula is C20H19N5O4. The van der Waals surface area contributed by atoms with Crippen molar-refractivity contribution >= 4 is 17.5 Å². The highest BCUT2D eigenvalue weighted by atomic mass is 16.5. The molecule has 1 aliphatic heterocycles. The molecule has 0 atom stereocenters. The highest BCUT2D eigenvalue weighted by Gasteiger charge is 2.29. The number of furan rings is 1. The van der Waals surface area contributed by atoms with E-state index in [1.54, 1.807) is 30.5 Å². The molecule has 0 spiro atoms. The van der Waals surface area contributed by atoms with Crippen molar-refractivity contribution in [1.29, 1.82) is 5.26 Å². The number of nitrogens with zero attached hydrogens (tertiary/aromatic N) is 4. The Bertz CT molecular complexity index is 1010. The molecule has 9 heteroatoms. The first kappa shape index (κ1) is 18.6. The van der Waals surface area contributed by atoms with Crippen LogP contribution < -0.4 is 15.0 Å². The third-order valence-electron chi connectivity index (χ3n) is 4.81. The highest BCUT2D eigenvalue weighted by molar-refractivity contribution is 5.92. The van der Waals surface area contributed by atoms with E-state index in [0.29, 0.717) is 49.1 Å². The van der Waals surface area contributed by atoms with Gasteiger partial charge < -0.3 is 23.8 Å². The molecule has 1 amide bonds. The summed E-state index contributed by atoms with van der Waals surface area (Å²) in [5.41, 5.74) is 0.840. The van der Waals surface area contributed by atoms with Crippen molar-refractivity contribution in [2.45, 2.75) is 12.8 Å². The summed E-state index contributed by atoms with van der Waals surface area (Å²) >= 11 is 0. The molecule has 1 aliphatic rings. The van der Waals surface area contributed by atoms with Crippen molar-refractivity contribution in [3.63, 3.8) is 0 Å². The predicted octanol–water partition coefficient (Wildman–Crippen LogP) is 3.06. The number of carbonyl (C=O) groups is 1. The molecular weight excluding hydrogens is 374 g/mol. The quantitative estimate of drug-likeness (QED) is 0.703. The molecule has 3 aromatic heterocycles. The van der Waals surface area contributed by atoms with Crippen LogP contribution in [0.2, 0.25) is 0 Å². The van der Waals surface area contributed by atoms with Crippen LogP contribution in [0.5, 0.6) is 5.88 Å². The Labute approximate surface area is 166 Å². The fraction of sp³-hybridized carbons (Fsp3) is 0.300. The number of oxazole rings is 1. The lowest BCUT2D eigenvalue weighted by atomic mass is 9.96. The molecule has 1 N–H and O–H groups in total. The van der Waals surface area contributed by atoms with Gasteiger partial charge in [-0.3, -0.25) is 4.79 Å². The largest absolute Gasteiger partial charge is 0.481 e. The minimum atomic E-state index is -0.133. The van der Waals surface area contributed by atoms with E-state index in [4.69, 9.17) is 13.6 Å². The van der Waals surface area contributed by atoms with E-state index in [1.165, 1.54) is 13.4 Å². The Kier molecular flexibility index (Phi) is 5.16. The molecule has 0 aliphatic carbocycles. The lowest BCUT2D eigenvalue weighted by Crippen LogP contribution is -2.38. The van der Waals surface area contributed by atoms with Gasteiger partial charge in [0.15, 0.2) is 5.76 Å². The number of hydrogen-bond donors (Lipinski definition) is 1. The van der Waals surface area contributed by atoms with Gasteiger partial charge in [-0.25, -0.2) is 4.98 Å². The number of anilines is 2. The van der Waals surface area contributed by atoms with Crippen molar-refractivity contribution in [2.24, 2.45) is 5.92 Å². The zero-order valence-electron chi connectivity index (χ0n) is 15.8.